The molecule has 0 spiro atoms. The van der Waals surface area contributed by atoms with Gasteiger partial charge in [0.2, 0.25) is 0 Å². The van der Waals surface area contributed by atoms with Crippen molar-refractivity contribution in [2.24, 2.45) is 11.8 Å². The van der Waals surface area contributed by atoms with E-state index in [1.54, 1.807) is 19.2 Å². The van der Waals surface area contributed by atoms with Gasteiger partial charge < -0.3 is 14.4 Å². The summed E-state index contributed by atoms with van der Waals surface area (Å²) in [6.07, 6.45) is 5.78. The van der Waals surface area contributed by atoms with Crippen LogP contribution in [-0.2, 0) is 4.74 Å². The Labute approximate surface area is 188 Å². The Morgan fingerprint density at radius 1 is 1.22 bits per heavy atom. The summed E-state index contributed by atoms with van der Waals surface area (Å²) in [4.78, 5) is 19.2. The molecule has 3 aliphatic heterocycles. The third-order valence-corrected chi connectivity index (χ3v) is 7.22. The van der Waals surface area contributed by atoms with Gasteiger partial charge in [-0.3, -0.25) is 4.98 Å². The van der Waals surface area contributed by atoms with Crippen LogP contribution in [0.4, 0.5) is 0 Å². The molecule has 4 heterocycles. The van der Waals surface area contributed by atoms with E-state index in [2.05, 4.69) is 17.6 Å². The minimum Gasteiger partial charge on any atom is -0.497 e. The fraction of sp³-hybridized carbons (Fsp3) is 0.333. The number of carbonyl (C=O) groups is 1. The lowest BCUT2D eigenvalue weighted by molar-refractivity contribution is -0.949. The molecule has 0 amide bonds. The molecule has 164 valence electrons. The molecule has 5 nitrogen and oxygen atoms in total. The van der Waals surface area contributed by atoms with E-state index < -0.39 is 0 Å². The second-order valence-corrected chi connectivity index (χ2v) is 8.88. The number of hydrogen-bond acceptors (Lipinski definition) is 4. The van der Waals surface area contributed by atoms with Crippen molar-refractivity contribution in [3.8, 4) is 5.75 Å². The van der Waals surface area contributed by atoms with Crippen molar-refractivity contribution in [3.05, 3.63) is 84.6 Å². The minimum absolute atomic E-state index is 0.203. The van der Waals surface area contributed by atoms with Gasteiger partial charge in [0.15, 0.2) is 6.10 Å². The number of fused-ring (bicyclic) bond motifs is 4. The molecule has 3 aromatic rings. The highest BCUT2D eigenvalue weighted by molar-refractivity contribution is 5.90. The number of benzene rings is 2. The maximum absolute atomic E-state index is 13.2. The molecule has 3 fully saturated rings. The Balaban J connectivity index is 1.57. The van der Waals surface area contributed by atoms with Crippen LogP contribution in [0.15, 0.2) is 73.4 Å². The Hall–Kier alpha value is -3.18. The fourth-order valence-electron chi connectivity index (χ4n) is 5.53. The second kappa shape index (κ2) is 8.75. The van der Waals surface area contributed by atoms with Gasteiger partial charge in [-0.1, -0.05) is 24.3 Å². The molecule has 3 saturated heterocycles. The van der Waals surface area contributed by atoms with E-state index in [1.807, 2.05) is 48.7 Å². The maximum Gasteiger partial charge on any atom is 0.338 e. The molecular weight excluding hydrogens is 400 g/mol. The number of nitrogens with one attached hydrogen (secondary N) is 1. The lowest BCUT2D eigenvalue weighted by Gasteiger charge is -2.48. The number of nitrogens with zero attached hydrogens (tertiary/aromatic N) is 1. The summed E-state index contributed by atoms with van der Waals surface area (Å²) in [7, 11) is 1.66. The van der Waals surface area contributed by atoms with Gasteiger partial charge in [0, 0.05) is 35.9 Å². The average Bonchev–Trinajstić information content (AvgIpc) is 2.87. The van der Waals surface area contributed by atoms with E-state index in [-0.39, 0.29) is 18.1 Å². The van der Waals surface area contributed by atoms with E-state index >= 15 is 0 Å². The first kappa shape index (κ1) is 20.7. The summed E-state index contributed by atoms with van der Waals surface area (Å²) in [5, 5.41) is 0.972. The van der Waals surface area contributed by atoms with Gasteiger partial charge in [0.1, 0.15) is 11.8 Å². The van der Waals surface area contributed by atoms with Gasteiger partial charge in [-0.25, -0.2) is 4.79 Å². The van der Waals surface area contributed by atoms with Crippen LogP contribution in [0, 0.1) is 11.8 Å². The molecular formula is C27H29N2O3+. The number of hydrogen-bond donors (Lipinski definition) is 1. The van der Waals surface area contributed by atoms with Gasteiger partial charge in [0.25, 0.3) is 0 Å². The quantitative estimate of drug-likeness (QED) is 0.480. The van der Waals surface area contributed by atoms with Gasteiger partial charge in [-0.05, 0) is 42.3 Å². The van der Waals surface area contributed by atoms with Gasteiger partial charge in [-0.15, -0.1) is 6.58 Å². The molecule has 1 N–H and O–H groups in total. The zero-order valence-corrected chi connectivity index (χ0v) is 18.4. The first-order valence-corrected chi connectivity index (χ1v) is 11.3. The summed E-state index contributed by atoms with van der Waals surface area (Å²) >= 11 is 0. The van der Waals surface area contributed by atoms with Crippen LogP contribution in [0.2, 0.25) is 0 Å². The fourth-order valence-corrected chi connectivity index (χ4v) is 5.53. The second-order valence-electron chi connectivity index (χ2n) is 8.88. The third-order valence-electron chi connectivity index (χ3n) is 7.22. The third kappa shape index (κ3) is 3.78. The minimum atomic E-state index is -0.358. The van der Waals surface area contributed by atoms with E-state index in [9.17, 15) is 4.79 Å². The molecule has 1 aromatic heterocycles. The molecule has 2 bridgehead atoms. The lowest BCUT2D eigenvalue weighted by atomic mass is 9.73. The highest BCUT2D eigenvalue weighted by Crippen LogP contribution is 2.37. The monoisotopic (exact) mass is 429 g/mol. The van der Waals surface area contributed by atoms with Crippen LogP contribution in [0.5, 0.6) is 5.75 Å². The van der Waals surface area contributed by atoms with Crippen molar-refractivity contribution in [1.29, 1.82) is 0 Å². The van der Waals surface area contributed by atoms with Crippen molar-refractivity contribution in [1.82, 2.24) is 4.98 Å². The molecule has 0 radical (unpaired) electrons. The highest BCUT2D eigenvalue weighted by Gasteiger charge is 2.47. The highest BCUT2D eigenvalue weighted by atomic mass is 16.5. The van der Waals surface area contributed by atoms with Crippen molar-refractivity contribution >= 4 is 16.9 Å². The van der Waals surface area contributed by atoms with Gasteiger partial charge in [-0.2, -0.15) is 0 Å². The summed E-state index contributed by atoms with van der Waals surface area (Å²) in [5.74, 6) is 1.61. The summed E-state index contributed by atoms with van der Waals surface area (Å²) in [5.41, 5.74) is 2.45. The first-order valence-electron chi connectivity index (χ1n) is 11.3. The zero-order chi connectivity index (χ0) is 22.1. The first-order chi connectivity index (χ1) is 15.7. The Bertz CT molecular complexity index is 1130. The zero-order valence-electron chi connectivity index (χ0n) is 18.4. The average molecular weight is 430 g/mol. The number of aromatic nitrogens is 1. The predicted molar refractivity (Wildman–Crippen MR) is 124 cm³/mol. The standard InChI is InChI=1S/C27H28N2O3/c1-3-18-17-29-14-12-20(18)15-25(29)26(32-27(30)19-7-5-4-6-8-19)22-11-13-28-24-10-9-21(31-2)16-23(22)24/h3-11,13,16,18,20,25-26H,1,12,14-15,17H2,2H3/p+1/t18-,20+,25+,26+/m0/s1. The van der Waals surface area contributed by atoms with E-state index in [0.717, 1.165) is 41.7 Å². The Morgan fingerprint density at radius 2 is 2.06 bits per heavy atom. The van der Waals surface area contributed by atoms with Crippen LogP contribution in [0.1, 0.15) is 34.9 Å². The van der Waals surface area contributed by atoms with Crippen molar-refractivity contribution in [3.63, 3.8) is 0 Å². The van der Waals surface area contributed by atoms with Crippen LogP contribution in [0.25, 0.3) is 10.9 Å². The molecule has 0 saturated carbocycles. The molecule has 6 rings (SSSR count). The van der Waals surface area contributed by atoms with E-state index in [0.29, 0.717) is 17.4 Å². The molecule has 5 heteroatoms. The SMILES string of the molecule is C=C[C@H]1C[NH+]2CC[C@@H]1C[C@@H]2[C@H](OC(=O)c1ccccc1)c1ccnc2ccc(OC)cc12. The summed E-state index contributed by atoms with van der Waals surface area (Å²) in [6, 6.07) is 17.3. The van der Waals surface area contributed by atoms with Crippen LogP contribution in [0.3, 0.4) is 0 Å². The summed E-state index contributed by atoms with van der Waals surface area (Å²) in [6.45, 7) is 6.21. The van der Waals surface area contributed by atoms with Crippen molar-refractivity contribution in [2.45, 2.75) is 25.0 Å². The molecule has 2 aromatic carbocycles. The predicted octanol–water partition coefficient (Wildman–Crippen LogP) is 3.62. The smallest absolute Gasteiger partial charge is 0.338 e. The van der Waals surface area contributed by atoms with Crippen LogP contribution in [-0.4, -0.2) is 37.2 Å². The van der Waals surface area contributed by atoms with Crippen molar-refractivity contribution in [2.75, 3.05) is 20.2 Å². The normalized spacial score (nSPS) is 25.3. The molecule has 1 unspecified atom stereocenters. The number of piperidine rings is 3. The van der Waals surface area contributed by atoms with Gasteiger partial charge in [0.05, 0.1) is 31.3 Å². The number of esters is 1. The maximum atomic E-state index is 13.2. The summed E-state index contributed by atoms with van der Waals surface area (Å²) < 4.78 is 11.8. The number of pyridine rings is 1. The number of carbonyl (C=O) groups excluding carboxylic acids is 1. The largest absolute Gasteiger partial charge is 0.497 e. The Morgan fingerprint density at radius 3 is 2.78 bits per heavy atom. The molecule has 0 aliphatic carbocycles. The van der Waals surface area contributed by atoms with E-state index in [1.165, 1.54) is 11.3 Å². The van der Waals surface area contributed by atoms with Crippen molar-refractivity contribution < 1.29 is 19.2 Å². The van der Waals surface area contributed by atoms with Crippen LogP contribution >= 0.6 is 0 Å². The topological polar surface area (TPSA) is 52.9 Å². The molecule has 5 atom stereocenters. The number of methoxy groups -OCH3 is 1. The molecule has 32 heavy (non-hydrogen) atoms. The van der Waals surface area contributed by atoms with Gasteiger partial charge >= 0.3 is 5.97 Å². The number of quaternary nitrogens is 1. The van der Waals surface area contributed by atoms with Crippen LogP contribution < -0.4 is 9.64 Å². The molecule has 3 aliphatic rings. The number of ether oxygens (including phenoxy) is 2. The van der Waals surface area contributed by atoms with E-state index in [4.69, 9.17) is 9.47 Å². The lowest BCUT2D eigenvalue weighted by Crippen LogP contribution is -3.20. The Kier molecular flexibility index (Phi) is 5.66. The number of rotatable bonds is 6.